The number of halogens is 1. The van der Waals surface area contributed by atoms with Crippen LogP contribution in [0.25, 0.3) is 0 Å². The summed E-state index contributed by atoms with van der Waals surface area (Å²) in [6.07, 6.45) is 9.10. The molecule has 1 spiro atoms. The molecule has 2 aliphatic heterocycles. The molecule has 4 rings (SSSR count). The van der Waals surface area contributed by atoms with Crippen LogP contribution in [0.5, 0.6) is 0 Å². The van der Waals surface area contributed by atoms with E-state index in [2.05, 4.69) is 23.6 Å². The Hall–Kier alpha value is -1.42. The molecule has 1 atom stereocenters. The predicted octanol–water partition coefficient (Wildman–Crippen LogP) is 4.65. The molecule has 3 fully saturated rings. The van der Waals surface area contributed by atoms with Gasteiger partial charge in [0, 0.05) is 18.6 Å². The number of amides is 1. The number of likely N-dealkylation sites (tertiary alicyclic amines) is 2. The van der Waals surface area contributed by atoms with Crippen molar-refractivity contribution < 1.29 is 9.18 Å². The molecule has 3 aliphatic rings. The molecule has 0 aromatic heterocycles. The lowest BCUT2D eigenvalue weighted by atomic mass is 9.75. The van der Waals surface area contributed by atoms with Crippen LogP contribution in [0.2, 0.25) is 0 Å². The van der Waals surface area contributed by atoms with Gasteiger partial charge in [-0.15, -0.1) is 0 Å². The maximum Gasteiger partial charge on any atom is 0.229 e. The Labute approximate surface area is 169 Å². The van der Waals surface area contributed by atoms with Crippen LogP contribution in [0.1, 0.15) is 64.4 Å². The van der Waals surface area contributed by atoms with Gasteiger partial charge < -0.3 is 9.80 Å². The SMILES string of the molecule is CC(C)CN1C(=O)C2(CCN(C3CCCC3)CC2)CC1Cc1cccc(F)c1. The van der Waals surface area contributed by atoms with E-state index in [9.17, 15) is 9.18 Å². The number of hydrogen-bond donors (Lipinski definition) is 0. The highest BCUT2D eigenvalue weighted by molar-refractivity contribution is 5.85. The summed E-state index contributed by atoms with van der Waals surface area (Å²) < 4.78 is 13.7. The minimum Gasteiger partial charge on any atom is -0.339 e. The first-order valence-corrected chi connectivity index (χ1v) is 11.3. The molecule has 3 nitrogen and oxygen atoms in total. The molecule has 0 bridgehead atoms. The summed E-state index contributed by atoms with van der Waals surface area (Å²) in [4.78, 5) is 18.3. The third kappa shape index (κ3) is 3.98. The second kappa shape index (κ2) is 8.14. The van der Waals surface area contributed by atoms with E-state index in [0.29, 0.717) is 11.8 Å². The zero-order chi connectivity index (χ0) is 19.7. The van der Waals surface area contributed by atoms with Gasteiger partial charge in [0.05, 0.1) is 5.41 Å². The molecule has 2 saturated heterocycles. The Balaban J connectivity index is 1.48. The summed E-state index contributed by atoms with van der Waals surface area (Å²) >= 11 is 0. The Morgan fingerprint density at radius 3 is 2.54 bits per heavy atom. The van der Waals surface area contributed by atoms with Crippen LogP contribution < -0.4 is 0 Å². The normalized spacial score (nSPS) is 26.1. The molecular weight excluding hydrogens is 351 g/mol. The van der Waals surface area contributed by atoms with E-state index in [1.807, 2.05) is 6.07 Å². The summed E-state index contributed by atoms with van der Waals surface area (Å²) in [5.74, 6) is 0.637. The van der Waals surface area contributed by atoms with Crippen molar-refractivity contribution in [1.82, 2.24) is 9.80 Å². The number of benzene rings is 1. The molecule has 2 heterocycles. The summed E-state index contributed by atoms with van der Waals surface area (Å²) in [6.45, 7) is 7.31. The Morgan fingerprint density at radius 1 is 1.18 bits per heavy atom. The average Bonchev–Trinajstić information content (AvgIpc) is 3.27. The molecule has 0 N–H and O–H groups in total. The number of carbonyl (C=O) groups is 1. The molecule has 154 valence electrons. The van der Waals surface area contributed by atoms with Crippen molar-refractivity contribution in [3.63, 3.8) is 0 Å². The largest absolute Gasteiger partial charge is 0.339 e. The van der Waals surface area contributed by atoms with E-state index in [1.165, 1.54) is 31.7 Å². The average molecular weight is 387 g/mol. The van der Waals surface area contributed by atoms with Gasteiger partial charge in [-0.25, -0.2) is 4.39 Å². The molecule has 0 radical (unpaired) electrons. The van der Waals surface area contributed by atoms with Crippen molar-refractivity contribution in [3.05, 3.63) is 35.6 Å². The van der Waals surface area contributed by atoms with Crippen molar-refractivity contribution in [2.45, 2.75) is 77.3 Å². The smallest absolute Gasteiger partial charge is 0.229 e. The number of nitrogens with zero attached hydrogens (tertiary/aromatic N) is 2. The fourth-order valence-corrected chi connectivity index (χ4v) is 5.87. The number of rotatable bonds is 5. The predicted molar refractivity (Wildman–Crippen MR) is 111 cm³/mol. The second-order valence-electron chi connectivity index (χ2n) is 9.80. The first kappa shape index (κ1) is 19.9. The van der Waals surface area contributed by atoms with E-state index in [0.717, 1.165) is 56.9 Å². The molecule has 4 heteroatoms. The molecule has 1 unspecified atom stereocenters. The Kier molecular flexibility index (Phi) is 5.78. The number of hydrogen-bond acceptors (Lipinski definition) is 2. The summed E-state index contributed by atoms with van der Waals surface area (Å²) in [6, 6.07) is 7.86. The third-order valence-electron chi connectivity index (χ3n) is 7.30. The lowest BCUT2D eigenvalue weighted by Gasteiger charge is -2.40. The van der Waals surface area contributed by atoms with Crippen LogP contribution in [0.15, 0.2) is 24.3 Å². The lowest BCUT2D eigenvalue weighted by Crippen LogP contribution is -2.47. The Bertz CT molecular complexity index is 690. The van der Waals surface area contributed by atoms with E-state index < -0.39 is 0 Å². The van der Waals surface area contributed by atoms with Gasteiger partial charge in [0.1, 0.15) is 5.82 Å². The second-order valence-corrected chi connectivity index (χ2v) is 9.80. The van der Waals surface area contributed by atoms with Crippen molar-refractivity contribution in [3.8, 4) is 0 Å². The quantitative estimate of drug-likeness (QED) is 0.735. The van der Waals surface area contributed by atoms with Crippen molar-refractivity contribution in [2.75, 3.05) is 19.6 Å². The van der Waals surface area contributed by atoms with Gasteiger partial charge in [0.15, 0.2) is 0 Å². The first-order valence-electron chi connectivity index (χ1n) is 11.3. The maximum atomic E-state index is 13.7. The number of carbonyl (C=O) groups excluding carboxylic acids is 1. The van der Waals surface area contributed by atoms with Crippen LogP contribution in [0.3, 0.4) is 0 Å². The van der Waals surface area contributed by atoms with Crippen LogP contribution in [0.4, 0.5) is 4.39 Å². The van der Waals surface area contributed by atoms with E-state index in [-0.39, 0.29) is 17.3 Å². The van der Waals surface area contributed by atoms with Gasteiger partial charge in [0.2, 0.25) is 5.91 Å². The van der Waals surface area contributed by atoms with E-state index >= 15 is 0 Å². The first-order chi connectivity index (χ1) is 13.5. The van der Waals surface area contributed by atoms with Gasteiger partial charge in [-0.2, -0.15) is 0 Å². The van der Waals surface area contributed by atoms with Crippen molar-refractivity contribution in [2.24, 2.45) is 11.3 Å². The van der Waals surface area contributed by atoms with Crippen LogP contribution in [0, 0.1) is 17.2 Å². The summed E-state index contributed by atoms with van der Waals surface area (Å²) in [5, 5.41) is 0. The third-order valence-corrected chi connectivity index (χ3v) is 7.30. The van der Waals surface area contributed by atoms with Gasteiger partial charge in [-0.05, 0) is 75.2 Å². The molecule has 1 amide bonds. The zero-order valence-corrected chi connectivity index (χ0v) is 17.5. The standard InChI is InChI=1S/C24H35FN2O/c1-18(2)17-27-22(15-19-6-5-7-20(25)14-19)16-24(23(27)28)10-12-26(13-11-24)21-8-3-4-9-21/h5-7,14,18,21-22H,3-4,8-13,15-17H2,1-2H3. The van der Waals surface area contributed by atoms with Crippen molar-refractivity contribution in [1.29, 1.82) is 0 Å². The maximum absolute atomic E-state index is 13.7. The van der Waals surface area contributed by atoms with Gasteiger partial charge in [0.25, 0.3) is 0 Å². The van der Waals surface area contributed by atoms with Crippen molar-refractivity contribution >= 4 is 5.91 Å². The van der Waals surface area contributed by atoms with Crippen LogP contribution in [-0.2, 0) is 11.2 Å². The molecule has 1 aromatic carbocycles. The van der Waals surface area contributed by atoms with Gasteiger partial charge >= 0.3 is 0 Å². The fourth-order valence-electron chi connectivity index (χ4n) is 5.87. The number of piperidine rings is 1. The summed E-state index contributed by atoms with van der Waals surface area (Å²) in [5.41, 5.74) is 0.828. The van der Waals surface area contributed by atoms with E-state index in [4.69, 9.17) is 0 Å². The topological polar surface area (TPSA) is 23.6 Å². The highest BCUT2D eigenvalue weighted by atomic mass is 19.1. The molecule has 28 heavy (non-hydrogen) atoms. The minimum absolute atomic E-state index is 0.179. The molecular formula is C24H35FN2O. The Morgan fingerprint density at radius 2 is 1.89 bits per heavy atom. The molecule has 1 aromatic rings. The minimum atomic E-state index is -0.184. The van der Waals surface area contributed by atoms with Gasteiger partial charge in [-0.1, -0.05) is 38.8 Å². The summed E-state index contributed by atoms with van der Waals surface area (Å²) in [7, 11) is 0. The molecule has 1 aliphatic carbocycles. The van der Waals surface area contributed by atoms with Gasteiger partial charge in [-0.3, -0.25) is 4.79 Å². The monoisotopic (exact) mass is 386 g/mol. The van der Waals surface area contributed by atoms with E-state index in [1.54, 1.807) is 12.1 Å². The lowest BCUT2D eigenvalue weighted by molar-refractivity contribution is -0.139. The zero-order valence-electron chi connectivity index (χ0n) is 17.5. The highest BCUT2D eigenvalue weighted by Gasteiger charge is 2.52. The van der Waals surface area contributed by atoms with Crippen LogP contribution in [-0.4, -0.2) is 47.4 Å². The van der Waals surface area contributed by atoms with Crippen LogP contribution >= 0.6 is 0 Å². The molecule has 1 saturated carbocycles. The fraction of sp³-hybridized carbons (Fsp3) is 0.708. The highest BCUT2D eigenvalue weighted by Crippen LogP contribution is 2.46.